The Morgan fingerprint density at radius 1 is 1.15 bits per heavy atom. The van der Waals surface area contributed by atoms with E-state index in [1.165, 1.54) is 13.2 Å². The van der Waals surface area contributed by atoms with Crippen molar-refractivity contribution in [3.63, 3.8) is 0 Å². The Morgan fingerprint density at radius 2 is 1.95 bits per heavy atom. The summed E-state index contributed by atoms with van der Waals surface area (Å²) < 4.78 is 19.1. The molecule has 3 rings (SSSR count). The van der Waals surface area contributed by atoms with Crippen molar-refractivity contribution < 1.29 is 9.13 Å². The molecule has 0 saturated carbocycles. The number of methoxy groups -OCH3 is 1. The summed E-state index contributed by atoms with van der Waals surface area (Å²) in [5.41, 5.74) is 0.425. The summed E-state index contributed by atoms with van der Waals surface area (Å²) >= 11 is 0. The van der Waals surface area contributed by atoms with Crippen LogP contribution >= 0.6 is 0 Å². The summed E-state index contributed by atoms with van der Waals surface area (Å²) in [4.78, 5) is 18.9. The van der Waals surface area contributed by atoms with Crippen LogP contribution in [0.15, 0.2) is 47.3 Å². The number of hydrogen-bond donors (Lipinski definition) is 1. The third-order valence-electron chi connectivity index (χ3n) is 3.05. The summed E-state index contributed by atoms with van der Waals surface area (Å²) in [5, 5.41) is 0.472. The van der Waals surface area contributed by atoms with Crippen molar-refractivity contribution in [1.82, 2.24) is 9.97 Å². The van der Waals surface area contributed by atoms with Crippen LogP contribution in [0.3, 0.4) is 0 Å². The van der Waals surface area contributed by atoms with E-state index in [0.717, 1.165) is 0 Å². The number of nitrogens with one attached hydrogen (secondary N) is 1. The van der Waals surface area contributed by atoms with Gasteiger partial charge in [0.2, 0.25) is 0 Å². The number of para-hydroxylation sites is 1. The van der Waals surface area contributed by atoms with Gasteiger partial charge in [0, 0.05) is 0 Å². The van der Waals surface area contributed by atoms with Crippen molar-refractivity contribution >= 4 is 10.9 Å². The minimum atomic E-state index is -0.548. The van der Waals surface area contributed by atoms with Crippen LogP contribution in [0.4, 0.5) is 4.39 Å². The molecule has 0 radical (unpaired) electrons. The Hall–Kier alpha value is -2.69. The number of benzene rings is 2. The lowest BCUT2D eigenvalue weighted by atomic mass is 10.1. The monoisotopic (exact) mass is 270 g/mol. The van der Waals surface area contributed by atoms with Crippen LogP contribution in [0.1, 0.15) is 0 Å². The molecule has 1 aromatic heterocycles. The fourth-order valence-corrected chi connectivity index (χ4v) is 2.07. The zero-order chi connectivity index (χ0) is 14.1. The maximum absolute atomic E-state index is 14.2. The summed E-state index contributed by atoms with van der Waals surface area (Å²) in [5.74, 6) is -0.253. The maximum Gasteiger partial charge on any atom is 0.259 e. The molecule has 3 aromatic rings. The van der Waals surface area contributed by atoms with Crippen LogP contribution in [0.2, 0.25) is 0 Å². The fraction of sp³-hybridized carbons (Fsp3) is 0.0667. The van der Waals surface area contributed by atoms with Crippen molar-refractivity contribution in [2.24, 2.45) is 0 Å². The zero-order valence-electron chi connectivity index (χ0n) is 10.7. The number of hydrogen-bond acceptors (Lipinski definition) is 3. The van der Waals surface area contributed by atoms with Gasteiger partial charge in [0.25, 0.3) is 5.56 Å². The number of aromatic amines is 1. The van der Waals surface area contributed by atoms with Crippen LogP contribution in [-0.2, 0) is 0 Å². The van der Waals surface area contributed by atoms with Crippen LogP contribution in [0.5, 0.6) is 5.75 Å². The fourth-order valence-electron chi connectivity index (χ4n) is 2.07. The summed E-state index contributed by atoms with van der Waals surface area (Å²) in [6.07, 6.45) is 0. The lowest BCUT2D eigenvalue weighted by Crippen LogP contribution is -2.10. The first-order chi connectivity index (χ1) is 9.70. The molecule has 20 heavy (non-hydrogen) atoms. The highest BCUT2D eigenvalue weighted by molar-refractivity contribution is 5.79. The summed E-state index contributed by atoms with van der Waals surface area (Å²) in [7, 11) is 1.39. The Labute approximate surface area is 113 Å². The Bertz CT molecular complexity index is 843. The standard InChI is InChI=1S/C15H11FN2O2/c1-20-12-8-4-6-10(13(12)16)14-17-11-7-3-2-5-9(11)15(19)18-14/h2-8H,1H3,(H,17,18,19). The van der Waals surface area contributed by atoms with Gasteiger partial charge in [0.15, 0.2) is 11.6 Å². The van der Waals surface area contributed by atoms with Gasteiger partial charge in [-0.25, -0.2) is 9.37 Å². The van der Waals surface area contributed by atoms with Gasteiger partial charge in [-0.3, -0.25) is 4.79 Å². The van der Waals surface area contributed by atoms with E-state index in [1.54, 1.807) is 36.4 Å². The molecule has 0 amide bonds. The average Bonchev–Trinajstić information content (AvgIpc) is 2.47. The number of halogens is 1. The number of ether oxygens (including phenoxy) is 1. The van der Waals surface area contributed by atoms with Gasteiger partial charge < -0.3 is 9.72 Å². The second-order valence-corrected chi connectivity index (χ2v) is 4.25. The highest BCUT2D eigenvalue weighted by Crippen LogP contribution is 2.26. The molecule has 0 unspecified atom stereocenters. The van der Waals surface area contributed by atoms with Gasteiger partial charge in [-0.15, -0.1) is 0 Å². The molecule has 0 aliphatic heterocycles. The summed E-state index contributed by atoms with van der Waals surface area (Å²) in [6.45, 7) is 0. The highest BCUT2D eigenvalue weighted by Gasteiger charge is 2.13. The molecule has 1 heterocycles. The van der Waals surface area contributed by atoms with E-state index in [0.29, 0.717) is 10.9 Å². The largest absolute Gasteiger partial charge is 0.494 e. The molecule has 1 N–H and O–H groups in total. The van der Waals surface area contributed by atoms with Gasteiger partial charge in [-0.2, -0.15) is 0 Å². The molecule has 0 bridgehead atoms. The van der Waals surface area contributed by atoms with E-state index in [-0.39, 0.29) is 22.7 Å². The molecular weight excluding hydrogens is 259 g/mol. The molecular formula is C15H11FN2O2. The third kappa shape index (κ3) is 1.93. The van der Waals surface area contributed by atoms with Gasteiger partial charge in [0.05, 0.1) is 23.6 Å². The van der Waals surface area contributed by atoms with Gasteiger partial charge >= 0.3 is 0 Å². The third-order valence-corrected chi connectivity index (χ3v) is 3.05. The quantitative estimate of drug-likeness (QED) is 0.779. The molecule has 0 aliphatic rings. The minimum Gasteiger partial charge on any atom is -0.494 e. The van der Waals surface area contributed by atoms with Crippen molar-refractivity contribution in [3.8, 4) is 17.1 Å². The predicted octanol–water partition coefficient (Wildman–Crippen LogP) is 2.74. The molecule has 0 spiro atoms. The van der Waals surface area contributed by atoms with Crippen molar-refractivity contribution in [2.75, 3.05) is 7.11 Å². The molecule has 4 nitrogen and oxygen atoms in total. The van der Waals surface area contributed by atoms with Crippen LogP contribution in [0, 0.1) is 5.82 Å². The van der Waals surface area contributed by atoms with E-state index in [1.807, 2.05) is 0 Å². The van der Waals surface area contributed by atoms with Crippen LogP contribution in [0.25, 0.3) is 22.3 Å². The number of aromatic nitrogens is 2. The molecule has 100 valence electrons. The zero-order valence-corrected chi connectivity index (χ0v) is 10.7. The first kappa shape index (κ1) is 12.3. The van der Waals surface area contributed by atoms with Crippen LogP contribution in [-0.4, -0.2) is 17.1 Å². The number of fused-ring (bicyclic) bond motifs is 1. The lowest BCUT2D eigenvalue weighted by Gasteiger charge is -2.07. The second kappa shape index (κ2) is 4.77. The Balaban J connectivity index is 2.28. The van der Waals surface area contributed by atoms with Gasteiger partial charge in [0.1, 0.15) is 5.82 Å². The highest BCUT2D eigenvalue weighted by atomic mass is 19.1. The first-order valence-electron chi connectivity index (χ1n) is 6.02. The van der Waals surface area contributed by atoms with Crippen LogP contribution < -0.4 is 10.3 Å². The SMILES string of the molecule is COc1cccc(-c2nc3ccccc3c(=O)[nH]2)c1F. The van der Waals surface area contributed by atoms with E-state index in [2.05, 4.69) is 9.97 Å². The van der Waals surface area contributed by atoms with E-state index in [4.69, 9.17) is 4.74 Å². The molecule has 0 saturated heterocycles. The first-order valence-corrected chi connectivity index (χ1v) is 6.02. The average molecular weight is 270 g/mol. The Kier molecular flexibility index (Phi) is 2.95. The number of H-pyrrole nitrogens is 1. The van der Waals surface area contributed by atoms with E-state index < -0.39 is 5.82 Å². The molecule has 0 fully saturated rings. The van der Waals surface area contributed by atoms with E-state index in [9.17, 15) is 9.18 Å². The predicted molar refractivity (Wildman–Crippen MR) is 74.3 cm³/mol. The molecule has 0 atom stereocenters. The Morgan fingerprint density at radius 3 is 2.75 bits per heavy atom. The second-order valence-electron chi connectivity index (χ2n) is 4.25. The molecule has 5 heteroatoms. The van der Waals surface area contributed by atoms with Crippen molar-refractivity contribution in [3.05, 3.63) is 58.6 Å². The minimum absolute atomic E-state index is 0.110. The molecule has 2 aromatic carbocycles. The topological polar surface area (TPSA) is 55.0 Å². The molecule has 0 aliphatic carbocycles. The normalized spacial score (nSPS) is 10.7. The number of nitrogens with zero attached hydrogens (tertiary/aromatic N) is 1. The van der Waals surface area contributed by atoms with Crippen molar-refractivity contribution in [1.29, 1.82) is 0 Å². The van der Waals surface area contributed by atoms with Gasteiger partial charge in [-0.1, -0.05) is 18.2 Å². The van der Waals surface area contributed by atoms with Crippen molar-refractivity contribution in [2.45, 2.75) is 0 Å². The number of rotatable bonds is 2. The maximum atomic E-state index is 14.2. The lowest BCUT2D eigenvalue weighted by molar-refractivity contribution is 0.387. The smallest absolute Gasteiger partial charge is 0.259 e. The summed E-state index contributed by atoms with van der Waals surface area (Å²) in [6, 6.07) is 11.6. The van der Waals surface area contributed by atoms with E-state index >= 15 is 0 Å². The van der Waals surface area contributed by atoms with Gasteiger partial charge in [-0.05, 0) is 24.3 Å².